The first-order chi connectivity index (χ1) is 15.5. The third-order valence-corrected chi connectivity index (χ3v) is 5.43. The Hall–Kier alpha value is -4.24. The van der Waals surface area contributed by atoms with Crippen molar-refractivity contribution in [2.24, 2.45) is 5.73 Å². The third kappa shape index (κ3) is 4.01. The number of rotatable bonds is 5. The lowest BCUT2D eigenvalue weighted by Gasteiger charge is -2.26. The molecule has 0 amide bonds. The van der Waals surface area contributed by atoms with E-state index in [9.17, 15) is 10.1 Å². The summed E-state index contributed by atoms with van der Waals surface area (Å²) in [7, 11) is 1.53. The molecule has 0 fully saturated rings. The number of carbonyl (C=O) groups excluding carboxylic acids is 1. The molecule has 0 bridgehead atoms. The van der Waals surface area contributed by atoms with E-state index in [0.717, 1.165) is 17.5 Å². The minimum atomic E-state index is -0.521. The molecule has 1 heterocycles. The van der Waals surface area contributed by atoms with Crippen molar-refractivity contribution in [3.05, 3.63) is 100 Å². The van der Waals surface area contributed by atoms with Gasteiger partial charge in [0.15, 0.2) is 0 Å². The molecule has 6 nitrogen and oxygen atoms in total. The fourth-order valence-electron chi connectivity index (χ4n) is 3.70. The zero-order chi connectivity index (χ0) is 22.7. The number of hydrogen-bond donors (Lipinski definition) is 1. The molecule has 1 aliphatic rings. The lowest BCUT2D eigenvalue weighted by molar-refractivity contribution is 0.0734. The van der Waals surface area contributed by atoms with Crippen LogP contribution in [0.15, 0.2) is 78.2 Å². The largest absolute Gasteiger partial charge is 0.497 e. The average molecular weight is 426 g/mol. The monoisotopic (exact) mass is 426 g/mol. The lowest BCUT2D eigenvalue weighted by atomic mass is 9.83. The van der Waals surface area contributed by atoms with Crippen LogP contribution in [0.5, 0.6) is 17.2 Å². The Balaban J connectivity index is 1.66. The third-order valence-electron chi connectivity index (χ3n) is 5.43. The Bertz CT molecular complexity index is 1240. The van der Waals surface area contributed by atoms with Crippen LogP contribution in [0.2, 0.25) is 0 Å². The Morgan fingerprint density at radius 1 is 1.09 bits per heavy atom. The quantitative estimate of drug-likeness (QED) is 0.470. The van der Waals surface area contributed by atoms with Crippen LogP contribution in [0.25, 0.3) is 0 Å². The molecular formula is C26H22N2O4. The predicted molar refractivity (Wildman–Crippen MR) is 120 cm³/mol. The zero-order valence-corrected chi connectivity index (χ0v) is 17.8. The summed E-state index contributed by atoms with van der Waals surface area (Å²) >= 11 is 0. The molecule has 0 aliphatic carbocycles. The molecule has 32 heavy (non-hydrogen) atoms. The van der Waals surface area contributed by atoms with Crippen molar-refractivity contribution in [1.29, 1.82) is 5.26 Å². The maximum absolute atomic E-state index is 12.6. The second-order valence-corrected chi connectivity index (χ2v) is 7.34. The molecule has 4 rings (SSSR count). The lowest BCUT2D eigenvalue weighted by Crippen LogP contribution is -2.21. The van der Waals surface area contributed by atoms with Gasteiger partial charge in [0, 0.05) is 11.6 Å². The number of aryl methyl sites for hydroxylation is 1. The fraction of sp³-hybridized carbons (Fsp3) is 0.154. The van der Waals surface area contributed by atoms with Crippen LogP contribution < -0.4 is 19.9 Å². The van der Waals surface area contributed by atoms with Gasteiger partial charge in [0.1, 0.15) is 28.9 Å². The molecule has 0 spiro atoms. The number of nitriles is 1. The summed E-state index contributed by atoms with van der Waals surface area (Å²) in [6, 6.07) is 22.1. The Kier molecular flexibility index (Phi) is 5.82. The molecule has 1 aliphatic heterocycles. The predicted octanol–water partition coefficient (Wildman–Crippen LogP) is 4.69. The van der Waals surface area contributed by atoms with Gasteiger partial charge in [0.25, 0.3) is 0 Å². The van der Waals surface area contributed by atoms with Crippen molar-refractivity contribution < 1.29 is 19.0 Å². The van der Waals surface area contributed by atoms with Crippen LogP contribution in [0, 0.1) is 11.3 Å². The molecule has 6 heteroatoms. The van der Waals surface area contributed by atoms with Gasteiger partial charge in [-0.1, -0.05) is 43.3 Å². The van der Waals surface area contributed by atoms with Gasteiger partial charge in [0.05, 0.1) is 18.6 Å². The van der Waals surface area contributed by atoms with Crippen molar-refractivity contribution in [1.82, 2.24) is 0 Å². The van der Waals surface area contributed by atoms with Gasteiger partial charge in [-0.3, -0.25) is 0 Å². The van der Waals surface area contributed by atoms with Gasteiger partial charge in [-0.05, 0) is 41.8 Å². The first-order valence-corrected chi connectivity index (χ1v) is 10.2. The van der Waals surface area contributed by atoms with Crippen molar-refractivity contribution >= 4 is 5.97 Å². The molecular weight excluding hydrogens is 404 g/mol. The second kappa shape index (κ2) is 8.86. The topological polar surface area (TPSA) is 94.6 Å². The smallest absolute Gasteiger partial charge is 0.343 e. The number of fused-ring (bicyclic) bond motifs is 1. The van der Waals surface area contributed by atoms with Crippen LogP contribution >= 0.6 is 0 Å². The fourth-order valence-corrected chi connectivity index (χ4v) is 3.70. The first kappa shape index (κ1) is 21.0. The van der Waals surface area contributed by atoms with Crippen molar-refractivity contribution in [3.63, 3.8) is 0 Å². The molecule has 1 unspecified atom stereocenters. The van der Waals surface area contributed by atoms with Gasteiger partial charge in [-0.15, -0.1) is 0 Å². The number of carbonyl (C=O) groups is 1. The molecule has 2 N–H and O–H groups in total. The minimum Gasteiger partial charge on any atom is -0.497 e. The molecule has 0 saturated heterocycles. The summed E-state index contributed by atoms with van der Waals surface area (Å²) < 4.78 is 16.4. The standard InChI is InChI=1S/C26H22N2O4/c1-3-16-7-9-17(10-8-16)24-21-12-11-20(14-23(21)32-25(28)22(24)15-27)31-26(29)18-5-4-6-19(13-18)30-2/h4-14,24H,3,28H2,1-2H3. The molecule has 0 radical (unpaired) electrons. The number of benzene rings is 3. The van der Waals surface area contributed by atoms with Crippen molar-refractivity contribution in [2.45, 2.75) is 19.3 Å². The Labute approximate surface area is 186 Å². The molecule has 1 atom stereocenters. The van der Waals surface area contributed by atoms with Crippen molar-refractivity contribution in [3.8, 4) is 23.3 Å². The van der Waals surface area contributed by atoms with Gasteiger partial charge in [0.2, 0.25) is 5.88 Å². The van der Waals surface area contributed by atoms with Gasteiger partial charge in [-0.2, -0.15) is 5.26 Å². The summed E-state index contributed by atoms with van der Waals surface area (Å²) in [4.78, 5) is 12.6. The van der Waals surface area contributed by atoms with Crippen LogP contribution in [0.1, 0.15) is 39.9 Å². The summed E-state index contributed by atoms with van der Waals surface area (Å²) in [5.74, 6) is 0.477. The molecule has 3 aromatic rings. The average Bonchev–Trinajstić information content (AvgIpc) is 2.83. The van der Waals surface area contributed by atoms with E-state index in [1.807, 2.05) is 24.3 Å². The van der Waals surface area contributed by atoms with E-state index in [1.165, 1.54) is 12.7 Å². The molecule has 0 saturated carbocycles. The van der Waals surface area contributed by atoms with E-state index in [1.54, 1.807) is 42.5 Å². The van der Waals surface area contributed by atoms with Crippen LogP contribution in [-0.2, 0) is 6.42 Å². The Morgan fingerprint density at radius 2 is 1.88 bits per heavy atom. The number of hydrogen-bond acceptors (Lipinski definition) is 6. The van der Waals surface area contributed by atoms with E-state index in [-0.39, 0.29) is 11.8 Å². The van der Waals surface area contributed by atoms with Gasteiger partial charge in [-0.25, -0.2) is 4.79 Å². The van der Waals surface area contributed by atoms with Crippen molar-refractivity contribution in [2.75, 3.05) is 7.11 Å². The highest BCUT2D eigenvalue weighted by Crippen LogP contribution is 2.43. The second-order valence-electron chi connectivity index (χ2n) is 7.34. The van der Waals surface area contributed by atoms with Crippen LogP contribution in [0.3, 0.4) is 0 Å². The van der Waals surface area contributed by atoms with Crippen LogP contribution in [0.4, 0.5) is 0 Å². The summed E-state index contributed by atoms with van der Waals surface area (Å²) in [6.07, 6.45) is 0.926. The maximum atomic E-state index is 12.6. The van der Waals surface area contributed by atoms with E-state index in [2.05, 4.69) is 13.0 Å². The highest BCUT2D eigenvalue weighted by atomic mass is 16.5. The normalized spacial score (nSPS) is 14.7. The SMILES string of the molecule is CCc1ccc(C2C(C#N)=C(N)Oc3cc(OC(=O)c4cccc(OC)c4)ccc32)cc1. The van der Waals surface area contributed by atoms with E-state index < -0.39 is 5.97 Å². The Morgan fingerprint density at radius 3 is 2.56 bits per heavy atom. The summed E-state index contributed by atoms with van der Waals surface area (Å²) in [5, 5.41) is 9.71. The first-order valence-electron chi connectivity index (χ1n) is 10.2. The number of allylic oxidation sites excluding steroid dienone is 1. The molecule has 0 aromatic heterocycles. The number of methoxy groups -OCH3 is 1. The van der Waals surface area contributed by atoms with Gasteiger partial charge >= 0.3 is 5.97 Å². The number of esters is 1. The number of ether oxygens (including phenoxy) is 3. The summed E-state index contributed by atoms with van der Waals surface area (Å²) in [6.45, 7) is 2.09. The maximum Gasteiger partial charge on any atom is 0.343 e. The van der Waals surface area contributed by atoms with E-state index >= 15 is 0 Å². The minimum absolute atomic E-state index is 0.0424. The highest BCUT2D eigenvalue weighted by Gasteiger charge is 2.31. The van der Waals surface area contributed by atoms with E-state index in [0.29, 0.717) is 28.4 Å². The molecule has 3 aromatic carbocycles. The summed E-state index contributed by atoms with van der Waals surface area (Å²) in [5.41, 5.74) is 9.71. The van der Waals surface area contributed by atoms with Crippen LogP contribution in [-0.4, -0.2) is 13.1 Å². The number of nitrogens with two attached hydrogens (primary N) is 1. The number of nitrogens with zero attached hydrogens (tertiary/aromatic N) is 1. The molecule has 160 valence electrons. The zero-order valence-electron chi connectivity index (χ0n) is 17.8. The van der Waals surface area contributed by atoms with E-state index in [4.69, 9.17) is 19.9 Å². The van der Waals surface area contributed by atoms with Gasteiger partial charge < -0.3 is 19.9 Å². The highest BCUT2D eigenvalue weighted by molar-refractivity contribution is 5.91.